The highest BCUT2D eigenvalue weighted by atomic mass is 16.7. The first kappa shape index (κ1) is 16.7. The molecule has 2 aliphatic heterocycles. The number of nitrogens with one attached hydrogen (secondary N) is 1. The number of rotatable bonds is 5. The molecule has 4 rings (SSSR count). The van der Waals surface area contributed by atoms with E-state index in [9.17, 15) is 10.1 Å². The van der Waals surface area contributed by atoms with Gasteiger partial charge in [0.2, 0.25) is 6.79 Å². The molecule has 2 aliphatic rings. The van der Waals surface area contributed by atoms with Crippen molar-refractivity contribution in [2.75, 3.05) is 26.5 Å². The molecule has 0 amide bonds. The Hall–Kier alpha value is -2.80. The van der Waals surface area contributed by atoms with Crippen LogP contribution >= 0.6 is 0 Å². The predicted octanol–water partition coefficient (Wildman–Crippen LogP) is 3.10. The van der Waals surface area contributed by atoms with E-state index in [0.29, 0.717) is 18.3 Å². The number of non-ortho nitro benzene ring substituents is 1. The minimum atomic E-state index is -0.369. The number of piperidine rings is 1. The molecular weight excluding hydrogens is 336 g/mol. The topological polar surface area (TPSA) is 82.9 Å². The van der Waals surface area contributed by atoms with E-state index in [0.717, 1.165) is 36.6 Å². The lowest BCUT2D eigenvalue weighted by Gasteiger charge is -2.32. The van der Waals surface area contributed by atoms with Crippen LogP contribution in [0.1, 0.15) is 17.9 Å². The number of fused-ring (bicyclic) bond motifs is 1. The first-order chi connectivity index (χ1) is 12.7. The Morgan fingerprint density at radius 3 is 2.77 bits per heavy atom. The fourth-order valence-electron chi connectivity index (χ4n) is 3.55. The van der Waals surface area contributed by atoms with E-state index in [1.807, 2.05) is 30.3 Å². The Morgan fingerprint density at radius 1 is 1.15 bits per heavy atom. The fraction of sp³-hybridized carbons (Fsp3) is 0.368. The third-order valence-corrected chi connectivity index (χ3v) is 4.95. The smallest absolute Gasteiger partial charge is 0.269 e. The molecule has 0 saturated carbocycles. The number of nitro groups is 1. The molecular formula is C19H20N2O5. The number of benzene rings is 2. The predicted molar refractivity (Wildman–Crippen MR) is 94.9 cm³/mol. The highest BCUT2D eigenvalue weighted by Crippen LogP contribution is 2.36. The number of nitrogens with zero attached hydrogens (tertiary/aromatic N) is 1. The van der Waals surface area contributed by atoms with Gasteiger partial charge >= 0.3 is 0 Å². The molecule has 2 aromatic rings. The van der Waals surface area contributed by atoms with E-state index in [-0.39, 0.29) is 23.3 Å². The summed E-state index contributed by atoms with van der Waals surface area (Å²) >= 11 is 0. The van der Waals surface area contributed by atoms with Crippen molar-refractivity contribution in [2.24, 2.45) is 5.92 Å². The summed E-state index contributed by atoms with van der Waals surface area (Å²) in [6.07, 6.45) is 0.979. The van der Waals surface area contributed by atoms with Gasteiger partial charge in [-0.05, 0) is 36.6 Å². The Bertz CT molecular complexity index is 793. The van der Waals surface area contributed by atoms with Crippen LogP contribution in [0.2, 0.25) is 0 Å². The molecule has 0 radical (unpaired) electrons. The van der Waals surface area contributed by atoms with Crippen LogP contribution < -0.4 is 19.5 Å². The third-order valence-electron chi connectivity index (χ3n) is 4.95. The fourth-order valence-corrected chi connectivity index (χ4v) is 3.55. The van der Waals surface area contributed by atoms with Crippen molar-refractivity contribution < 1.29 is 19.1 Å². The third kappa shape index (κ3) is 3.43. The maximum absolute atomic E-state index is 10.8. The van der Waals surface area contributed by atoms with E-state index >= 15 is 0 Å². The van der Waals surface area contributed by atoms with Gasteiger partial charge in [-0.25, -0.2) is 0 Å². The van der Waals surface area contributed by atoms with Crippen molar-refractivity contribution in [2.45, 2.75) is 12.3 Å². The number of ether oxygens (including phenoxy) is 3. The van der Waals surface area contributed by atoms with Gasteiger partial charge in [-0.1, -0.05) is 12.1 Å². The zero-order valence-corrected chi connectivity index (χ0v) is 14.2. The Labute approximate surface area is 151 Å². The number of nitro benzene ring substituents is 1. The van der Waals surface area contributed by atoms with Crippen molar-refractivity contribution in [3.05, 3.63) is 58.1 Å². The van der Waals surface area contributed by atoms with E-state index in [1.54, 1.807) is 12.1 Å². The Balaban J connectivity index is 1.44. The van der Waals surface area contributed by atoms with Crippen molar-refractivity contribution >= 4 is 5.69 Å². The summed E-state index contributed by atoms with van der Waals surface area (Å²) in [5.41, 5.74) is 1.24. The van der Waals surface area contributed by atoms with Gasteiger partial charge < -0.3 is 19.5 Å². The van der Waals surface area contributed by atoms with E-state index in [4.69, 9.17) is 14.2 Å². The molecule has 2 heterocycles. The quantitative estimate of drug-likeness (QED) is 0.655. The average Bonchev–Trinajstić information content (AvgIpc) is 3.14. The summed E-state index contributed by atoms with van der Waals surface area (Å²) in [5, 5.41) is 14.3. The largest absolute Gasteiger partial charge is 0.493 e. The van der Waals surface area contributed by atoms with Gasteiger partial charge in [-0.15, -0.1) is 0 Å². The molecule has 1 saturated heterocycles. The summed E-state index contributed by atoms with van der Waals surface area (Å²) < 4.78 is 16.7. The summed E-state index contributed by atoms with van der Waals surface area (Å²) in [4.78, 5) is 10.5. The molecule has 7 nitrogen and oxygen atoms in total. The normalized spacial score (nSPS) is 21.4. The first-order valence-electron chi connectivity index (χ1n) is 8.68. The molecule has 0 bridgehead atoms. The number of hydrogen-bond donors (Lipinski definition) is 1. The van der Waals surface area contributed by atoms with Gasteiger partial charge in [-0.3, -0.25) is 10.1 Å². The molecule has 0 aliphatic carbocycles. The van der Waals surface area contributed by atoms with Gasteiger partial charge in [0.25, 0.3) is 5.69 Å². The lowest BCUT2D eigenvalue weighted by molar-refractivity contribution is -0.384. The molecule has 7 heteroatoms. The van der Waals surface area contributed by atoms with Crippen LogP contribution in [0.15, 0.2) is 42.5 Å². The summed E-state index contributed by atoms with van der Waals surface area (Å²) in [7, 11) is 0. The summed E-state index contributed by atoms with van der Waals surface area (Å²) in [6.45, 7) is 2.59. The zero-order valence-electron chi connectivity index (χ0n) is 14.2. The monoisotopic (exact) mass is 356 g/mol. The lowest BCUT2D eigenvalue weighted by atomic mass is 9.81. The van der Waals surface area contributed by atoms with Crippen LogP contribution in [-0.2, 0) is 0 Å². The Kier molecular flexibility index (Phi) is 4.62. The van der Waals surface area contributed by atoms with Crippen molar-refractivity contribution in [1.29, 1.82) is 0 Å². The average molecular weight is 356 g/mol. The van der Waals surface area contributed by atoms with Crippen LogP contribution in [-0.4, -0.2) is 31.4 Å². The van der Waals surface area contributed by atoms with Gasteiger partial charge in [0, 0.05) is 30.7 Å². The maximum atomic E-state index is 10.8. The standard InChI is InChI=1S/C19H20N2O5/c22-21(23)15-3-1-13(2-4-15)17-7-8-20-10-14(17)11-24-16-5-6-18-19(9-16)26-12-25-18/h1-6,9,14,17,20H,7-8,10-12H2/t14-,17-/m0/s1. The molecule has 26 heavy (non-hydrogen) atoms. The van der Waals surface area contributed by atoms with Gasteiger partial charge in [-0.2, -0.15) is 0 Å². The highest BCUT2D eigenvalue weighted by molar-refractivity contribution is 5.46. The maximum Gasteiger partial charge on any atom is 0.269 e. The van der Waals surface area contributed by atoms with Gasteiger partial charge in [0.05, 0.1) is 11.5 Å². The number of hydrogen-bond acceptors (Lipinski definition) is 6. The molecule has 1 N–H and O–H groups in total. The van der Waals surface area contributed by atoms with Crippen molar-refractivity contribution in [3.63, 3.8) is 0 Å². The Morgan fingerprint density at radius 2 is 1.96 bits per heavy atom. The SMILES string of the molecule is O=[N+]([O-])c1ccc([C@@H]2CCNC[C@H]2COc2ccc3c(c2)OCO3)cc1. The zero-order chi connectivity index (χ0) is 17.9. The van der Waals surface area contributed by atoms with Crippen LogP contribution in [0.4, 0.5) is 5.69 Å². The second-order valence-electron chi connectivity index (χ2n) is 6.53. The van der Waals surface area contributed by atoms with Crippen LogP contribution in [0.25, 0.3) is 0 Å². The minimum Gasteiger partial charge on any atom is -0.493 e. The summed E-state index contributed by atoms with van der Waals surface area (Å²) in [6, 6.07) is 12.5. The van der Waals surface area contributed by atoms with E-state index in [1.165, 1.54) is 0 Å². The first-order valence-corrected chi connectivity index (χ1v) is 8.68. The molecule has 0 spiro atoms. The highest BCUT2D eigenvalue weighted by Gasteiger charge is 2.27. The molecule has 0 aromatic heterocycles. The van der Waals surface area contributed by atoms with Crippen molar-refractivity contribution in [3.8, 4) is 17.2 Å². The summed E-state index contributed by atoms with van der Waals surface area (Å²) in [5.74, 6) is 2.79. The van der Waals surface area contributed by atoms with Gasteiger partial charge in [0.1, 0.15) is 5.75 Å². The lowest BCUT2D eigenvalue weighted by Crippen LogP contribution is -2.38. The van der Waals surface area contributed by atoms with Crippen LogP contribution in [0.5, 0.6) is 17.2 Å². The second-order valence-corrected chi connectivity index (χ2v) is 6.53. The van der Waals surface area contributed by atoms with Crippen LogP contribution in [0, 0.1) is 16.0 Å². The molecule has 2 atom stereocenters. The molecule has 136 valence electrons. The molecule has 2 aromatic carbocycles. The van der Waals surface area contributed by atoms with Crippen LogP contribution in [0.3, 0.4) is 0 Å². The molecule has 1 fully saturated rings. The minimum absolute atomic E-state index is 0.121. The van der Waals surface area contributed by atoms with Gasteiger partial charge in [0.15, 0.2) is 11.5 Å². The van der Waals surface area contributed by atoms with E-state index in [2.05, 4.69) is 5.32 Å². The van der Waals surface area contributed by atoms with Crippen molar-refractivity contribution in [1.82, 2.24) is 5.32 Å². The second kappa shape index (κ2) is 7.21. The molecule has 0 unspecified atom stereocenters. The van der Waals surface area contributed by atoms with E-state index < -0.39 is 0 Å².